The van der Waals surface area contributed by atoms with Crippen LogP contribution in [0, 0.1) is 0 Å². The van der Waals surface area contributed by atoms with Crippen LogP contribution in [-0.4, -0.2) is 68.8 Å². The molecule has 41 heavy (non-hydrogen) atoms. The minimum atomic E-state index is -4.52. The maximum absolute atomic E-state index is 12.9. The smallest absolute Gasteiger partial charge is 0.433 e. The number of aromatic nitrogens is 4. The van der Waals surface area contributed by atoms with Crippen LogP contribution in [0.15, 0.2) is 59.4 Å². The number of furan rings is 1. The summed E-state index contributed by atoms with van der Waals surface area (Å²) < 4.78 is 46.3. The Bertz CT molecular complexity index is 1580. The highest BCUT2D eigenvalue weighted by Crippen LogP contribution is 2.34. The van der Waals surface area contributed by atoms with Crippen LogP contribution in [-0.2, 0) is 24.1 Å². The number of benzene rings is 1. The van der Waals surface area contributed by atoms with E-state index in [1.807, 2.05) is 12.1 Å². The summed E-state index contributed by atoms with van der Waals surface area (Å²) in [5, 5.41) is 11.6. The van der Waals surface area contributed by atoms with Crippen LogP contribution < -0.4 is 5.32 Å². The summed E-state index contributed by atoms with van der Waals surface area (Å²) in [6, 6.07) is 7.73. The minimum absolute atomic E-state index is 0.00232. The Balaban J connectivity index is 1.40. The second-order valence-electron chi connectivity index (χ2n) is 9.90. The molecule has 0 fully saturated rings. The zero-order valence-corrected chi connectivity index (χ0v) is 22.5. The lowest BCUT2D eigenvalue weighted by atomic mass is 9.98. The van der Waals surface area contributed by atoms with Crippen LogP contribution in [0.25, 0.3) is 16.5 Å². The van der Waals surface area contributed by atoms with E-state index in [0.717, 1.165) is 17.2 Å². The first-order valence-corrected chi connectivity index (χ1v) is 12.9. The number of rotatable bonds is 8. The summed E-state index contributed by atoms with van der Waals surface area (Å²) in [7, 11) is 3.25. The molecular weight excluding hydrogens is 539 g/mol. The third-order valence-corrected chi connectivity index (χ3v) is 6.73. The third-order valence-electron chi connectivity index (χ3n) is 6.73. The molecule has 1 aliphatic heterocycles. The van der Waals surface area contributed by atoms with Gasteiger partial charge in [0.15, 0.2) is 11.3 Å². The molecule has 0 saturated heterocycles. The van der Waals surface area contributed by atoms with Gasteiger partial charge in [0.25, 0.3) is 5.91 Å². The fourth-order valence-electron chi connectivity index (χ4n) is 4.58. The average molecular weight is 568 g/mol. The maximum atomic E-state index is 12.9. The summed E-state index contributed by atoms with van der Waals surface area (Å²) in [4.78, 5) is 32.3. The lowest BCUT2D eigenvalue weighted by molar-refractivity contribution is -0.141. The predicted octanol–water partition coefficient (Wildman–Crippen LogP) is 4.46. The summed E-state index contributed by atoms with van der Waals surface area (Å²) >= 11 is 0. The van der Waals surface area contributed by atoms with E-state index in [9.17, 15) is 22.8 Å². The van der Waals surface area contributed by atoms with Crippen LogP contribution in [0.1, 0.15) is 40.2 Å². The van der Waals surface area contributed by atoms with Gasteiger partial charge in [0, 0.05) is 57.9 Å². The molecule has 0 spiro atoms. The number of alkyl halides is 3. The van der Waals surface area contributed by atoms with Gasteiger partial charge in [-0.05, 0) is 47.4 Å². The zero-order valence-electron chi connectivity index (χ0n) is 22.5. The highest BCUT2D eigenvalue weighted by atomic mass is 19.4. The third kappa shape index (κ3) is 6.39. The summed E-state index contributed by atoms with van der Waals surface area (Å²) in [6.45, 7) is 1.62. The molecule has 5 rings (SSSR count). The van der Waals surface area contributed by atoms with Gasteiger partial charge in [-0.25, -0.2) is 0 Å². The summed E-state index contributed by atoms with van der Waals surface area (Å²) in [6.07, 6.45) is 2.98. The second-order valence-corrected chi connectivity index (χ2v) is 9.90. The molecule has 0 unspecified atom stereocenters. The Morgan fingerprint density at radius 3 is 2.68 bits per heavy atom. The predicted molar refractivity (Wildman–Crippen MR) is 145 cm³/mol. The molecule has 1 aromatic carbocycles. The molecule has 4 heterocycles. The molecular formula is C28H28F3N7O3. The monoisotopic (exact) mass is 567 g/mol. The number of aryl methyl sites for hydroxylation is 1. The lowest BCUT2D eigenvalue weighted by Gasteiger charge is -2.28. The largest absolute Gasteiger partial charge is 0.449 e. The fraction of sp³-hybridized carbons (Fsp3) is 0.321. The van der Waals surface area contributed by atoms with Gasteiger partial charge in [0.1, 0.15) is 5.69 Å². The van der Waals surface area contributed by atoms with Gasteiger partial charge < -0.3 is 19.5 Å². The normalized spacial score (nSPS) is 13.8. The van der Waals surface area contributed by atoms with E-state index in [4.69, 9.17) is 4.42 Å². The van der Waals surface area contributed by atoms with Crippen molar-refractivity contribution in [2.75, 3.05) is 32.5 Å². The highest BCUT2D eigenvalue weighted by molar-refractivity contribution is 6.00. The molecule has 2 amide bonds. The number of pyridine rings is 1. The molecule has 13 heteroatoms. The van der Waals surface area contributed by atoms with Crippen molar-refractivity contribution in [3.05, 3.63) is 77.6 Å². The Hall–Kier alpha value is -4.68. The van der Waals surface area contributed by atoms with E-state index in [-0.39, 0.29) is 24.1 Å². The number of anilines is 1. The van der Waals surface area contributed by atoms with Crippen molar-refractivity contribution >= 4 is 34.0 Å². The van der Waals surface area contributed by atoms with Crippen molar-refractivity contribution in [2.24, 2.45) is 0 Å². The van der Waals surface area contributed by atoms with E-state index in [1.54, 1.807) is 42.1 Å². The van der Waals surface area contributed by atoms with Gasteiger partial charge in [0.2, 0.25) is 5.91 Å². The van der Waals surface area contributed by atoms with Crippen LogP contribution in [0.2, 0.25) is 0 Å². The summed E-state index contributed by atoms with van der Waals surface area (Å²) in [5.74, 6) is -0.145. The number of halogens is 3. The maximum Gasteiger partial charge on any atom is 0.433 e. The molecule has 0 aliphatic carbocycles. The Labute approximate surface area is 233 Å². The Morgan fingerprint density at radius 1 is 1.17 bits per heavy atom. The molecule has 10 nitrogen and oxygen atoms in total. The zero-order chi connectivity index (χ0) is 29.1. The first-order chi connectivity index (χ1) is 19.6. The van der Waals surface area contributed by atoms with Crippen molar-refractivity contribution in [1.29, 1.82) is 0 Å². The molecule has 3 aromatic heterocycles. The van der Waals surface area contributed by atoms with Crippen molar-refractivity contribution in [3.8, 4) is 0 Å². The number of amides is 2. The molecule has 0 bridgehead atoms. The molecule has 0 atom stereocenters. The highest BCUT2D eigenvalue weighted by Gasteiger charge is 2.32. The van der Waals surface area contributed by atoms with Crippen molar-refractivity contribution in [1.82, 2.24) is 29.8 Å². The molecule has 0 saturated carbocycles. The van der Waals surface area contributed by atoms with Gasteiger partial charge in [-0.1, -0.05) is 17.4 Å². The van der Waals surface area contributed by atoms with E-state index >= 15 is 0 Å². The number of nitrogens with zero attached hydrogens (tertiary/aromatic N) is 6. The van der Waals surface area contributed by atoms with E-state index in [2.05, 4.69) is 26.7 Å². The van der Waals surface area contributed by atoms with Gasteiger partial charge in [-0.3, -0.25) is 19.3 Å². The number of hydrogen-bond donors (Lipinski definition) is 1. The second kappa shape index (κ2) is 11.4. The van der Waals surface area contributed by atoms with Crippen molar-refractivity contribution in [3.63, 3.8) is 0 Å². The molecule has 1 N–H and O–H groups in total. The molecule has 0 radical (unpaired) electrons. The number of fused-ring (bicyclic) bond motifs is 1. The topological polar surface area (TPSA) is 109 Å². The minimum Gasteiger partial charge on any atom is -0.449 e. The van der Waals surface area contributed by atoms with Crippen LogP contribution in [0.4, 0.5) is 18.9 Å². The van der Waals surface area contributed by atoms with Gasteiger partial charge >= 0.3 is 6.18 Å². The molecule has 214 valence electrons. The summed E-state index contributed by atoms with van der Waals surface area (Å²) in [5.41, 5.74) is 2.35. The number of carbonyl (C=O) groups excluding carboxylic acids is 2. The fourth-order valence-corrected chi connectivity index (χ4v) is 4.58. The number of hydrogen-bond acceptors (Lipinski definition) is 7. The van der Waals surface area contributed by atoms with Gasteiger partial charge in [-0.15, -0.1) is 5.10 Å². The van der Waals surface area contributed by atoms with Crippen molar-refractivity contribution < 1.29 is 27.2 Å². The molecule has 4 aromatic rings. The number of nitrogens with one attached hydrogen (secondary N) is 1. The van der Waals surface area contributed by atoms with E-state index in [1.165, 1.54) is 17.2 Å². The van der Waals surface area contributed by atoms with Crippen LogP contribution in [0.5, 0.6) is 0 Å². The van der Waals surface area contributed by atoms with Crippen molar-refractivity contribution in [2.45, 2.75) is 32.1 Å². The van der Waals surface area contributed by atoms with Crippen LogP contribution >= 0.6 is 0 Å². The quantitative estimate of drug-likeness (QED) is 0.335. The Morgan fingerprint density at radius 2 is 2.00 bits per heavy atom. The lowest BCUT2D eigenvalue weighted by Crippen LogP contribution is -2.36. The average Bonchev–Trinajstić information content (AvgIpc) is 3.64. The number of carbonyl (C=O) groups is 2. The van der Waals surface area contributed by atoms with Crippen LogP contribution in [0.3, 0.4) is 0 Å². The first-order valence-electron chi connectivity index (χ1n) is 12.9. The molecule has 1 aliphatic rings. The first kappa shape index (κ1) is 27.9. The van der Waals surface area contributed by atoms with Gasteiger partial charge in [0.05, 0.1) is 18.4 Å². The standard InChI is InChI=1S/C28H28F3N7O3/c1-36(2)27(40)23-14-21-12-20(19-4-3-9-37(17-19)25(39)7-10-38-11-8-34-35-38)13-22(26(21)41-23)32-15-18-5-6-24(33-16-18)28(29,30)31/h4-6,8,11-14,16,32H,3,7,9-10,15,17H2,1-2H3. The van der Waals surface area contributed by atoms with Gasteiger partial charge in [-0.2, -0.15) is 13.2 Å². The van der Waals surface area contributed by atoms with E-state index < -0.39 is 11.9 Å². The Kier molecular flexibility index (Phi) is 7.77. The SMILES string of the molecule is CN(C)C(=O)c1cc2cc(C3=CCCN(C(=O)CCn4ccnn4)C3)cc(NCc3ccc(C(F)(F)F)nc3)c2o1. The van der Waals surface area contributed by atoms with E-state index in [0.29, 0.717) is 54.7 Å².